The highest BCUT2D eigenvalue weighted by molar-refractivity contribution is 6.04. The summed E-state index contributed by atoms with van der Waals surface area (Å²) in [5, 5.41) is 5.32. The minimum Gasteiger partial charge on any atom is -0.480 e. The van der Waals surface area contributed by atoms with Gasteiger partial charge in [0, 0.05) is 7.05 Å². The maximum atomic E-state index is 12.4. The number of anilines is 1. The first-order chi connectivity index (χ1) is 11.4. The van der Waals surface area contributed by atoms with Crippen LogP contribution in [0.5, 0.6) is 5.75 Å². The minimum atomic E-state index is -0.692. The van der Waals surface area contributed by atoms with Crippen LogP contribution in [0.4, 0.5) is 5.69 Å². The Morgan fingerprint density at radius 3 is 2.25 bits per heavy atom. The molecule has 0 fully saturated rings. The number of benzene rings is 2. The van der Waals surface area contributed by atoms with Crippen molar-refractivity contribution in [3.63, 3.8) is 0 Å². The number of hydrogen-bond donors (Lipinski definition) is 2. The van der Waals surface area contributed by atoms with Crippen LogP contribution in [-0.2, 0) is 4.79 Å². The van der Waals surface area contributed by atoms with Crippen molar-refractivity contribution in [3.05, 3.63) is 59.2 Å². The van der Waals surface area contributed by atoms with E-state index in [1.54, 1.807) is 38.2 Å². The number of hydrogen-bond acceptors (Lipinski definition) is 3. The molecule has 0 aromatic heterocycles. The number of carbonyl (C=O) groups is 2. The van der Waals surface area contributed by atoms with E-state index in [1.165, 1.54) is 0 Å². The minimum absolute atomic E-state index is 0.255. The lowest BCUT2D eigenvalue weighted by Gasteiger charge is -2.18. The number of amides is 2. The van der Waals surface area contributed by atoms with E-state index in [0.717, 1.165) is 11.1 Å². The predicted octanol–water partition coefficient (Wildman–Crippen LogP) is 3.07. The summed E-state index contributed by atoms with van der Waals surface area (Å²) in [4.78, 5) is 24.3. The van der Waals surface area contributed by atoms with Gasteiger partial charge in [-0.1, -0.05) is 30.3 Å². The maximum Gasteiger partial charge on any atom is 0.265 e. The molecule has 0 aliphatic heterocycles. The second-order valence-corrected chi connectivity index (χ2v) is 5.59. The molecule has 2 amide bonds. The maximum absolute atomic E-state index is 12.4. The Kier molecular flexibility index (Phi) is 5.58. The first-order valence-corrected chi connectivity index (χ1v) is 7.79. The molecule has 2 rings (SSSR count). The molecule has 2 aromatic carbocycles. The molecule has 5 heteroatoms. The van der Waals surface area contributed by atoms with Gasteiger partial charge >= 0.3 is 0 Å². The van der Waals surface area contributed by atoms with Crippen molar-refractivity contribution >= 4 is 17.5 Å². The second-order valence-electron chi connectivity index (χ2n) is 5.59. The molecular weight excluding hydrogens is 304 g/mol. The Labute approximate surface area is 142 Å². The molecule has 126 valence electrons. The third kappa shape index (κ3) is 3.93. The van der Waals surface area contributed by atoms with Crippen molar-refractivity contribution in [1.82, 2.24) is 5.32 Å². The lowest BCUT2D eigenvalue weighted by atomic mass is 10.1. The number of carbonyl (C=O) groups excluding carboxylic acids is 2. The van der Waals surface area contributed by atoms with Crippen LogP contribution in [0.25, 0.3) is 0 Å². The van der Waals surface area contributed by atoms with E-state index in [9.17, 15) is 9.59 Å². The Balaban J connectivity index is 2.14. The molecule has 5 nitrogen and oxygen atoms in total. The Morgan fingerprint density at radius 2 is 1.62 bits per heavy atom. The van der Waals surface area contributed by atoms with Gasteiger partial charge in [-0.15, -0.1) is 0 Å². The highest BCUT2D eigenvalue weighted by Gasteiger charge is 2.19. The van der Waals surface area contributed by atoms with E-state index in [1.807, 2.05) is 32.0 Å². The van der Waals surface area contributed by atoms with Crippen LogP contribution in [0.2, 0.25) is 0 Å². The van der Waals surface area contributed by atoms with Crippen molar-refractivity contribution < 1.29 is 14.3 Å². The van der Waals surface area contributed by atoms with E-state index >= 15 is 0 Å². The smallest absolute Gasteiger partial charge is 0.265 e. The molecule has 0 saturated heterocycles. The van der Waals surface area contributed by atoms with Crippen LogP contribution >= 0.6 is 0 Å². The van der Waals surface area contributed by atoms with Crippen LogP contribution in [0, 0.1) is 13.8 Å². The summed E-state index contributed by atoms with van der Waals surface area (Å²) in [5.74, 6) is 0.142. The summed E-state index contributed by atoms with van der Waals surface area (Å²) in [6.45, 7) is 5.56. The molecule has 1 atom stereocenters. The van der Waals surface area contributed by atoms with Crippen molar-refractivity contribution in [1.29, 1.82) is 0 Å². The number of aryl methyl sites for hydroxylation is 2. The third-order valence-corrected chi connectivity index (χ3v) is 3.73. The molecular formula is C19H22N2O3. The normalized spacial score (nSPS) is 11.5. The number of nitrogens with one attached hydrogen (secondary N) is 2. The van der Waals surface area contributed by atoms with Crippen molar-refractivity contribution in [2.24, 2.45) is 0 Å². The molecule has 0 radical (unpaired) electrons. The fraction of sp³-hybridized carbons (Fsp3) is 0.263. The third-order valence-electron chi connectivity index (χ3n) is 3.73. The topological polar surface area (TPSA) is 67.4 Å². The molecule has 0 bridgehead atoms. The molecule has 0 saturated carbocycles. The Bertz CT molecular complexity index is 736. The summed E-state index contributed by atoms with van der Waals surface area (Å²) >= 11 is 0. The van der Waals surface area contributed by atoms with Gasteiger partial charge in [0.2, 0.25) is 0 Å². The summed E-state index contributed by atoms with van der Waals surface area (Å²) in [7, 11) is 1.55. The van der Waals surface area contributed by atoms with Crippen LogP contribution in [-0.4, -0.2) is 25.0 Å². The summed E-state index contributed by atoms with van der Waals surface area (Å²) in [5.41, 5.74) is 2.81. The fourth-order valence-electron chi connectivity index (χ4n) is 2.37. The standard InChI is InChI=1S/C19H22N2O3/c1-12-8-7-9-13(2)17(12)24-14(3)18(22)21-16-11-6-5-10-15(16)19(23)20-4/h5-11,14H,1-4H3,(H,20,23)(H,21,22). The van der Waals surface area contributed by atoms with Crippen LogP contribution in [0.3, 0.4) is 0 Å². The summed E-state index contributed by atoms with van der Waals surface area (Å²) in [6.07, 6.45) is -0.692. The van der Waals surface area contributed by atoms with Gasteiger partial charge in [0.05, 0.1) is 11.3 Å². The molecule has 24 heavy (non-hydrogen) atoms. The molecule has 2 aromatic rings. The molecule has 0 aliphatic rings. The predicted molar refractivity (Wildman–Crippen MR) is 94.5 cm³/mol. The van der Waals surface area contributed by atoms with Gasteiger partial charge in [-0.25, -0.2) is 0 Å². The van der Waals surface area contributed by atoms with Gasteiger partial charge in [-0.2, -0.15) is 0 Å². The van der Waals surface area contributed by atoms with Gasteiger partial charge in [-0.3, -0.25) is 9.59 Å². The van der Waals surface area contributed by atoms with E-state index < -0.39 is 6.10 Å². The van der Waals surface area contributed by atoms with E-state index in [-0.39, 0.29) is 11.8 Å². The molecule has 1 unspecified atom stereocenters. The zero-order valence-electron chi connectivity index (χ0n) is 14.3. The quantitative estimate of drug-likeness (QED) is 0.887. The van der Waals surface area contributed by atoms with Gasteiger partial charge in [-0.05, 0) is 44.0 Å². The highest BCUT2D eigenvalue weighted by atomic mass is 16.5. The van der Waals surface area contributed by atoms with Crippen molar-refractivity contribution in [2.75, 3.05) is 12.4 Å². The average molecular weight is 326 g/mol. The highest BCUT2D eigenvalue weighted by Crippen LogP contribution is 2.24. The Hall–Kier alpha value is -2.82. The lowest BCUT2D eigenvalue weighted by Crippen LogP contribution is -2.31. The van der Waals surface area contributed by atoms with Gasteiger partial charge in [0.15, 0.2) is 6.10 Å². The fourth-order valence-corrected chi connectivity index (χ4v) is 2.37. The van der Waals surface area contributed by atoms with E-state index in [4.69, 9.17) is 4.74 Å². The molecule has 0 spiro atoms. The zero-order valence-corrected chi connectivity index (χ0v) is 14.3. The van der Waals surface area contributed by atoms with Gasteiger partial charge in [0.25, 0.3) is 11.8 Å². The van der Waals surface area contributed by atoms with Crippen LogP contribution in [0.1, 0.15) is 28.4 Å². The lowest BCUT2D eigenvalue weighted by molar-refractivity contribution is -0.122. The van der Waals surface area contributed by atoms with Gasteiger partial charge in [0.1, 0.15) is 5.75 Å². The average Bonchev–Trinajstić information content (AvgIpc) is 2.57. The number of rotatable bonds is 5. The number of para-hydroxylation sites is 2. The van der Waals surface area contributed by atoms with Crippen LogP contribution in [0.15, 0.2) is 42.5 Å². The Morgan fingerprint density at radius 1 is 1.00 bits per heavy atom. The zero-order chi connectivity index (χ0) is 17.7. The SMILES string of the molecule is CNC(=O)c1ccccc1NC(=O)C(C)Oc1c(C)cccc1C. The first-order valence-electron chi connectivity index (χ1n) is 7.79. The van der Waals surface area contributed by atoms with Crippen LogP contribution < -0.4 is 15.4 Å². The second kappa shape index (κ2) is 7.64. The van der Waals surface area contributed by atoms with Crippen molar-refractivity contribution in [3.8, 4) is 5.75 Å². The van der Waals surface area contributed by atoms with Crippen molar-refractivity contribution in [2.45, 2.75) is 26.9 Å². The summed E-state index contributed by atoms with van der Waals surface area (Å²) < 4.78 is 5.82. The first kappa shape index (κ1) is 17.5. The molecule has 0 aliphatic carbocycles. The monoisotopic (exact) mass is 326 g/mol. The van der Waals surface area contributed by atoms with E-state index in [0.29, 0.717) is 17.0 Å². The van der Waals surface area contributed by atoms with Gasteiger partial charge < -0.3 is 15.4 Å². The molecule has 0 heterocycles. The largest absolute Gasteiger partial charge is 0.480 e. The molecule has 2 N–H and O–H groups in total. The number of ether oxygens (including phenoxy) is 1. The van der Waals surface area contributed by atoms with E-state index in [2.05, 4.69) is 10.6 Å². The summed E-state index contributed by atoms with van der Waals surface area (Å²) in [6, 6.07) is 12.7.